The van der Waals surface area contributed by atoms with Crippen molar-refractivity contribution in [2.75, 3.05) is 6.61 Å². The summed E-state index contributed by atoms with van der Waals surface area (Å²) < 4.78 is 0.691. The number of aliphatic hydroxyl groups is 1. The standard InChI is InChI=1S/C12H20N2O2S2/c1-7(2)4-9(6-15)14-11(16)5-10-8(3)13-12(17)18-10/h7,9,15H,4-6H2,1-3H3,(H,13,17)(H,14,16)/t9-/m0/s1. The summed E-state index contributed by atoms with van der Waals surface area (Å²) in [5.74, 6) is 0.376. The first-order chi connectivity index (χ1) is 8.42. The molecule has 102 valence electrons. The zero-order valence-corrected chi connectivity index (χ0v) is 12.6. The summed E-state index contributed by atoms with van der Waals surface area (Å²) in [6.45, 7) is 6.02. The molecule has 1 rings (SSSR count). The molecule has 0 radical (unpaired) electrons. The van der Waals surface area contributed by atoms with Crippen LogP contribution < -0.4 is 5.32 Å². The lowest BCUT2D eigenvalue weighted by molar-refractivity contribution is -0.121. The SMILES string of the molecule is Cc1[nH]c(=S)sc1CC(=O)N[C@H](CO)CC(C)C. The van der Waals surface area contributed by atoms with Crippen molar-refractivity contribution in [3.8, 4) is 0 Å². The number of amides is 1. The smallest absolute Gasteiger partial charge is 0.225 e. The van der Waals surface area contributed by atoms with Gasteiger partial charge in [-0.1, -0.05) is 13.8 Å². The first-order valence-corrected chi connectivity index (χ1v) is 7.23. The fourth-order valence-electron chi connectivity index (χ4n) is 1.78. The number of aryl methyl sites for hydroxylation is 1. The highest BCUT2D eigenvalue weighted by atomic mass is 32.1. The third kappa shape index (κ3) is 4.88. The minimum absolute atomic E-state index is 0.0221. The lowest BCUT2D eigenvalue weighted by Crippen LogP contribution is -2.39. The molecule has 6 heteroatoms. The normalized spacial score (nSPS) is 12.7. The van der Waals surface area contributed by atoms with E-state index in [1.165, 1.54) is 11.3 Å². The molecule has 0 aromatic carbocycles. The van der Waals surface area contributed by atoms with E-state index in [1.807, 2.05) is 6.92 Å². The van der Waals surface area contributed by atoms with Crippen LogP contribution in [0.5, 0.6) is 0 Å². The van der Waals surface area contributed by atoms with E-state index in [2.05, 4.69) is 24.1 Å². The predicted molar refractivity (Wildman–Crippen MR) is 76.4 cm³/mol. The Balaban J connectivity index is 2.55. The molecule has 0 aliphatic carbocycles. The summed E-state index contributed by atoms with van der Waals surface area (Å²) >= 11 is 6.46. The summed E-state index contributed by atoms with van der Waals surface area (Å²) in [4.78, 5) is 15.8. The van der Waals surface area contributed by atoms with Crippen LogP contribution in [0.3, 0.4) is 0 Å². The Morgan fingerprint density at radius 3 is 2.67 bits per heavy atom. The van der Waals surface area contributed by atoms with Gasteiger partial charge in [-0.25, -0.2) is 0 Å². The van der Waals surface area contributed by atoms with Crippen LogP contribution in [0.25, 0.3) is 0 Å². The molecule has 3 N–H and O–H groups in total. The first-order valence-electron chi connectivity index (χ1n) is 6.01. The highest BCUT2D eigenvalue weighted by molar-refractivity contribution is 7.73. The molecular formula is C12H20N2O2S2. The van der Waals surface area contributed by atoms with Gasteiger partial charge in [0.25, 0.3) is 0 Å². The summed E-state index contributed by atoms with van der Waals surface area (Å²) in [6.07, 6.45) is 1.10. The van der Waals surface area contributed by atoms with Gasteiger partial charge in [0, 0.05) is 10.6 Å². The van der Waals surface area contributed by atoms with Crippen molar-refractivity contribution >= 4 is 29.5 Å². The summed E-state index contributed by atoms with van der Waals surface area (Å²) in [6, 6.07) is -0.162. The molecule has 1 amide bonds. The Labute approximate surface area is 116 Å². The van der Waals surface area contributed by atoms with E-state index in [0.29, 0.717) is 16.3 Å². The van der Waals surface area contributed by atoms with Crippen LogP contribution in [0.1, 0.15) is 30.8 Å². The number of thiazole rings is 1. The number of H-pyrrole nitrogens is 1. The van der Waals surface area contributed by atoms with Crippen LogP contribution in [-0.2, 0) is 11.2 Å². The van der Waals surface area contributed by atoms with Crippen molar-refractivity contribution < 1.29 is 9.90 Å². The molecule has 0 saturated carbocycles. The second-order valence-corrected chi connectivity index (χ2v) is 6.59. The van der Waals surface area contributed by atoms with Crippen LogP contribution in [0.15, 0.2) is 0 Å². The summed E-state index contributed by atoms with van der Waals surface area (Å²) in [7, 11) is 0. The number of carbonyl (C=O) groups excluding carboxylic acids is 1. The van der Waals surface area contributed by atoms with E-state index in [0.717, 1.165) is 17.0 Å². The topological polar surface area (TPSA) is 65.1 Å². The van der Waals surface area contributed by atoms with Gasteiger partial charge < -0.3 is 15.4 Å². The largest absolute Gasteiger partial charge is 0.394 e. The zero-order valence-electron chi connectivity index (χ0n) is 10.9. The third-order valence-corrected chi connectivity index (χ3v) is 3.92. The van der Waals surface area contributed by atoms with Gasteiger partial charge in [-0.3, -0.25) is 4.79 Å². The van der Waals surface area contributed by atoms with Gasteiger partial charge in [0.15, 0.2) is 3.95 Å². The second kappa shape index (κ2) is 7.01. The molecule has 1 aromatic heterocycles. The third-order valence-electron chi connectivity index (χ3n) is 2.59. The average Bonchev–Trinajstić information content (AvgIpc) is 2.55. The molecule has 0 spiro atoms. The van der Waals surface area contributed by atoms with E-state index in [9.17, 15) is 9.90 Å². The number of aromatic amines is 1. The Morgan fingerprint density at radius 2 is 2.22 bits per heavy atom. The Morgan fingerprint density at radius 1 is 1.56 bits per heavy atom. The predicted octanol–water partition coefficient (Wildman–Crippen LogP) is 2.18. The molecule has 18 heavy (non-hydrogen) atoms. The summed E-state index contributed by atoms with van der Waals surface area (Å²) in [5, 5.41) is 12.1. The van der Waals surface area contributed by atoms with Gasteiger partial charge in [-0.2, -0.15) is 0 Å². The fraction of sp³-hybridized carbons (Fsp3) is 0.667. The van der Waals surface area contributed by atoms with Crippen LogP contribution in [-0.4, -0.2) is 28.6 Å². The van der Waals surface area contributed by atoms with Crippen LogP contribution >= 0.6 is 23.6 Å². The van der Waals surface area contributed by atoms with Crippen molar-refractivity contribution in [2.24, 2.45) is 5.92 Å². The molecule has 1 heterocycles. The van der Waals surface area contributed by atoms with E-state index in [-0.39, 0.29) is 18.6 Å². The first kappa shape index (κ1) is 15.3. The lowest BCUT2D eigenvalue weighted by atomic mass is 10.0. The second-order valence-electron chi connectivity index (χ2n) is 4.82. The molecule has 1 atom stereocenters. The Bertz CT molecular complexity index is 451. The van der Waals surface area contributed by atoms with Crippen molar-refractivity contribution in [3.05, 3.63) is 14.5 Å². The van der Waals surface area contributed by atoms with Gasteiger partial charge in [0.2, 0.25) is 5.91 Å². The Kier molecular flexibility index (Phi) is 5.98. The number of nitrogens with one attached hydrogen (secondary N) is 2. The minimum atomic E-state index is -0.162. The molecule has 0 bridgehead atoms. The van der Waals surface area contributed by atoms with Crippen molar-refractivity contribution in [2.45, 2.75) is 39.7 Å². The number of rotatable bonds is 6. The van der Waals surface area contributed by atoms with Gasteiger partial charge >= 0.3 is 0 Å². The van der Waals surface area contributed by atoms with E-state index >= 15 is 0 Å². The van der Waals surface area contributed by atoms with Gasteiger partial charge in [-0.15, -0.1) is 11.3 Å². The highest BCUT2D eigenvalue weighted by Gasteiger charge is 2.14. The molecule has 0 fully saturated rings. The van der Waals surface area contributed by atoms with E-state index < -0.39 is 0 Å². The number of aliphatic hydroxyl groups excluding tert-OH is 1. The maximum absolute atomic E-state index is 11.9. The maximum Gasteiger partial charge on any atom is 0.225 e. The van der Waals surface area contributed by atoms with Gasteiger partial charge in [-0.05, 0) is 31.5 Å². The minimum Gasteiger partial charge on any atom is -0.394 e. The zero-order chi connectivity index (χ0) is 13.7. The molecule has 4 nitrogen and oxygen atoms in total. The Hall–Kier alpha value is -0.720. The molecule has 1 aromatic rings. The monoisotopic (exact) mass is 288 g/mol. The van der Waals surface area contributed by atoms with Crippen LogP contribution in [0.2, 0.25) is 0 Å². The molecular weight excluding hydrogens is 268 g/mol. The maximum atomic E-state index is 11.9. The molecule has 0 aliphatic rings. The van der Waals surface area contributed by atoms with Gasteiger partial charge in [0.05, 0.1) is 19.1 Å². The molecule has 0 unspecified atom stereocenters. The van der Waals surface area contributed by atoms with Crippen molar-refractivity contribution in [3.63, 3.8) is 0 Å². The van der Waals surface area contributed by atoms with Crippen molar-refractivity contribution in [1.82, 2.24) is 10.3 Å². The van der Waals surface area contributed by atoms with Crippen molar-refractivity contribution in [1.29, 1.82) is 0 Å². The number of hydrogen-bond acceptors (Lipinski definition) is 4. The van der Waals surface area contributed by atoms with Gasteiger partial charge in [0.1, 0.15) is 0 Å². The highest BCUT2D eigenvalue weighted by Crippen LogP contribution is 2.15. The van der Waals surface area contributed by atoms with E-state index in [4.69, 9.17) is 12.2 Å². The van der Waals surface area contributed by atoms with E-state index in [1.54, 1.807) is 0 Å². The van der Waals surface area contributed by atoms with Crippen LogP contribution in [0, 0.1) is 16.8 Å². The molecule has 0 saturated heterocycles. The quantitative estimate of drug-likeness (QED) is 0.703. The van der Waals surface area contributed by atoms with Crippen LogP contribution in [0.4, 0.5) is 0 Å². The fourth-order valence-corrected chi connectivity index (χ4v) is 3.07. The number of aromatic nitrogens is 1. The molecule has 0 aliphatic heterocycles. The number of carbonyl (C=O) groups is 1. The lowest BCUT2D eigenvalue weighted by Gasteiger charge is -2.18. The average molecular weight is 288 g/mol. The summed E-state index contributed by atoms with van der Waals surface area (Å²) in [5.41, 5.74) is 0.949. The number of hydrogen-bond donors (Lipinski definition) is 3.